The van der Waals surface area contributed by atoms with E-state index < -0.39 is 36.9 Å². The minimum absolute atomic E-state index is 0.0277. The number of nitrogens with one attached hydrogen (secondary N) is 2. The average Bonchev–Trinajstić information content (AvgIpc) is 3.11. The lowest BCUT2D eigenvalue weighted by molar-refractivity contribution is -0.139. The van der Waals surface area contributed by atoms with Crippen LogP contribution in [0, 0.1) is 0 Å². The summed E-state index contributed by atoms with van der Waals surface area (Å²) in [5.74, 6) is -1.61. The molecule has 0 heterocycles. The molecule has 0 saturated heterocycles. The van der Waals surface area contributed by atoms with Crippen molar-refractivity contribution < 1.29 is 33.4 Å². The van der Waals surface area contributed by atoms with Crippen molar-refractivity contribution in [3.8, 4) is 5.75 Å². The second-order valence-electron chi connectivity index (χ2n) is 10.7. The van der Waals surface area contributed by atoms with Crippen LogP contribution in [-0.4, -0.2) is 70.6 Å². The molecule has 0 radical (unpaired) electrons. The number of hydrogen-bond donors (Lipinski definition) is 2. The van der Waals surface area contributed by atoms with E-state index in [0.717, 1.165) is 4.47 Å². The summed E-state index contributed by atoms with van der Waals surface area (Å²) >= 11 is 3.41. The molecular weight excluding hydrogens is 694 g/mol. The third-order valence-electron chi connectivity index (χ3n) is 7.35. The first-order valence-electron chi connectivity index (χ1n) is 15.1. The van der Waals surface area contributed by atoms with Gasteiger partial charge in [0.2, 0.25) is 11.8 Å². The average molecular weight is 731 g/mol. The zero-order chi connectivity index (χ0) is 35.3. The maximum absolute atomic E-state index is 13.7. The van der Waals surface area contributed by atoms with Gasteiger partial charge in [0.25, 0.3) is 5.91 Å². The number of hydrogen-bond acceptors (Lipinski definition) is 7. The number of urea groups is 1. The third kappa shape index (κ3) is 10.4. The zero-order valence-corrected chi connectivity index (χ0v) is 28.8. The lowest BCUT2D eigenvalue weighted by Crippen LogP contribution is -2.46. The van der Waals surface area contributed by atoms with Gasteiger partial charge in [0.05, 0.1) is 25.8 Å². The third-order valence-corrected chi connectivity index (χ3v) is 7.84. The topological polar surface area (TPSA) is 138 Å². The Balaban J connectivity index is 1.51. The summed E-state index contributed by atoms with van der Waals surface area (Å²) < 4.78 is 11.4. The van der Waals surface area contributed by atoms with Gasteiger partial charge in [-0.3, -0.25) is 24.1 Å². The first-order valence-corrected chi connectivity index (χ1v) is 15.9. The number of para-hydroxylation sites is 3. The number of nitrogens with zero attached hydrogens (tertiary/aromatic N) is 3. The Kier molecular flexibility index (Phi) is 12.9. The largest absolute Gasteiger partial charge is 0.482 e. The van der Waals surface area contributed by atoms with Crippen LogP contribution in [0.15, 0.2) is 108 Å². The predicted octanol–water partition coefficient (Wildman–Crippen LogP) is 5.02. The molecule has 0 aliphatic carbocycles. The fraction of sp³-hybridized carbons (Fsp3) is 0.194. The molecule has 4 aromatic rings. The van der Waals surface area contributed by atoms with Crippen molar-refractivity contribution in [1.29, 1.82) is 0 Å². The molecule has 0 atom stereocenters. The van der Waals surface area contributed by atoms with E-state index in [9.17, 15) is 24.0 Å². The second-order valence-corrected chi connectivity index (χ2v) is 11.6. The molecule has 12 nitrogen and oxygen atoms in total. The monoisotopic (exact) mass is 729 g/mol. The quantitative estimate of drug-likeness (QED) is 0.184. The number of anilines is 4. The van der Waals surface area contributed by atoms with Gasteiger partial charge in [-0.25, -0.2) is 4.79 Å². The number of methoxy groups -OCH3 is 1. The molecule has 0 aliphatic rings. The highest BCUT2D eigenvalue weighted by Crippen LogP contribution is 2.29. The van der Waals surface area contributed by atoms with Gasteiger partial charge in [-0.2, -0.15) is 0 Å². The highest BCUT2D eigenvalue weighted by molar-refractivity contribution is 9.10. The fourth-order valence-corrected chi connectivity index (χ4v) is 5.02. The van der Waals surface area contributed by atoms with Gasteiger partial charge in [0.1, 0.15) is 12.3 Å². The molecule has 0 spiro atoms. The van der Waals surface area contributed by atoms with Gasteiger partial charge in [-0.05, 0) is 60.2 Å². The van der Waals surface area contributed by atoms with E-state index >= 15 is 0 Å². The Morgan fingerprint density at radius 2 is 1.41 bits per heavy atom. The van der Waals surface area contributed by atoms with E-state index in [1.807, 2.05) is 18.2 Å². The van der Waals surface area contributed by atoms with E-state index in [-0.39, 0.29) is 30.4 Å². The first-order chi connectivity index (χ1) is 23.5. The maximum Gasteiger partial charge on any atom is 0.319 e. The number of likely N-dealkylation sites (N-methyl/N-ethyl adjacent to an activating group) is 2. The van der Waals surface area contributed by atoms with Crippen LogP contribution in [0.2, 0.25) is 0 Å². The van der Waals surface area contributed by atoms with E-state index in [1.165, 1.54) is 21.8 Å². The molecule has 0 aliphatic heterocycles. The van der Waals surface area contributed by atoms with Crippen molar-refractivity contribution >= 4 is 68.4 Å². The van der Waals surface area contributed by atoms with E-state index in [0.29, 0.717) is 22.6 Å². The molecule has 4 rings (SSSR count). The lowest BCUT2D eigenvalue weighted by Gasteiger charge is -2.27. The summed E-state index contributed by atoms with van der Waals surface area (Å²) in [5.41, 5.74) is 2.54. The van der Waals surface area contributed by atoms with Crippen molar-refractivity contribution in [1.82, 2.24) is 5.32 Å². The van der Waals surface area contributed by atoms with Gasteiger partial charge < -0.3 is 29.9 Å². The predicted molar refractivity (Wildman–Crippen MR) is 191 cm³/mol. The number of halogens is 1. The number of benzene rings is 4. The van der Waals surface area contributed by atoms with Crippen LogP contribution in [-0.2, 0) is 30.3 Å². The highest BCUT2D eigenvalue weighted by Gasteiger charge is 2.25. The van der Waals surface area contributed by atoms with Crippen LogP contribution in [0.25, 0.3) is 0 Å². The number of carbonyl (C=O) groups excluding carboxylic acids is 5. The number of ether oxygens (including phenoxy) is 2. The molecule has 0 bridgehead atoms. The molecule has 0 fully saturated rings. The van der Waals surface area contributed by atoms with Gasteiger partial charge in [-0.15, -0.1) is 0 Å². The molecule has 2 N–H and O–H groups in total. The van der Waals surface area contributed by atoms with E-state index in [2.05, 4.69) is 26.6 Å². The molecule has 13 heteroatoms. The van der Waals surface area contributed by atoms with Gasteiger partial charge in [0, 0.05) is 35.6 Å². The van der Waals surface area contributed by atoms with Gasteiger partial charge in [-0.1, -0.05) is 64.5 Å². The van der Waals surface area contributed by atoms with Gasteiger partial charge >= 0.3 is 12.0 Å². The number of amides is 5. The molecule has 0 unspecified atom stereocenters. The lowest BCUT2D eigenvalue weighted by atomic mass is 10.1. The molecule has 5 amide bonds. The minimum atomic E-state index is -0.679. The molecule has 254 valence electrons. The standard InChI is InChI=1S/C36H36BrN5O7/c1-40(28-14-5-4-6-15-28)33(44)23-42(32(43)22-38-36(47)39-27-13-9-11-25(19-27)20-35(46)48-3)30-17-7-8-18-31(30)49-24-34(45)41(2)29-16-10-12-26(37)21-29/h4-19,21H,20,22-24H2,1-3H3,(H2,38,39,47). The van der Waals surface area contributed by atoms with Crippen LogP contribution >= 0.6 is 15.9 Å². The van der Waals surface area contributed by atoms with Crippen molar-refractivity contribution in [2.45, 2.75) is 6.42 Å². The zero-order valence-electron chi connectivity index (χ0n) is 27.2. The first kappa shape index (κ1) is 36.2. The maximum atomic E-state index is 13.7. The summed E-state index contributed by atoms with van der Waals surface area (Å²) in [6.07, 6.45) is 0.0277. The van der Waals surface area contributed by atoms with E-state index in [4.69, 9.17) is 9.47 Å². The molecule has 49 heavy (non-hydrogen) atoms. The van der Waals surface area contributed by atoms with Crippen LogP contribution < -0.4 is 30.1 Å². The smallest absolute Gasteiger partial charge is 0.319 e. The SMILES string of the molecule is COC(=O)Cc1cccc(NC(=O)NCC(=O)N(CC(=O)N(C)c2ccccc2)c2ccccc2OCC(=O)N(C)c2cccc(Br)c2)c1. The Morgan fingerprint density at radius 3 is 2.14 bits per heavy atom. The van der Waals surface area contributed by atoms with Crippen molar-refractivity contribution in [3.05, 3.63) is 113 Å². The number of rotatable bonds is 13. The fourth-order valence-electron chi connectivity index (χ4n) is 4.64. The second kappa shape index (κ2) is 17.5. The molecule has 4 aromatic carbocycles. The Morgan fingerprint density at radius 1 is 0.735 bits per heavy atom. The Hall–Kier alpha value is -5.69. The summed E-state index contributed by atoms with van der Waals surface area (Å²) in [6, 6.07) is 28.7. The number of esters is 1. The van der Waals surface area contributed by atoms with E-state index in [1.54, 1.807) is 99.0 Å². The van der Waals surface area contributed by atoms with Crippen LogP contribution in [0.1, 0.15) is 5.56 Å². The number of carbonyl (C=O) groups is 5. The van der Waals surface area contributed by atoms with Crippen LogP contribution in [0.3, 0.4) is 0 Å². The van der Waals surface area contributed by atoms with Gasteiger partial charge in [0.15, 0.2) is 6.61 Å². The van der Waals surface area contributed by atoms with Crippen LogP contribution in [0.5, 0.6) is 5.75 Å². The summed E-state index contributed by atoms with van der Waals surface area (Å²) in [5, 5.41) is 5.17. The molecular formula is C36H36BrN5O7. The molecule has 0 saturated carbocycles. The molecule has 0 aromatic heterocycles. The minimum Gasteiger partial charge on any atom is -0.482 e. The van der Waals surface area contributed by atoms with Crippen molar-refractivity contribution in [3.63, 3.8) is 0 Å². The van der Waals surface area contributed by atoms with Crippen molar-refractivity contribution in [2.24, 2.45) is 0 Å². The highest BCUT2D eigenvalue weighted by atomic mass is 79.9. The van der Waals surface area contributed by atoms with Crippen LogP contribution in [0.4, 0.5) is 27.5 Å². The normalized spacial score (nSPS) is 10.4. The summed E-state index contributed by atoms with van der Waals surface area (Å²) in [4.78, 5) is 68.8. The Labute approximate surface area is 292 Å². The summed E-state index contributed by atoms with van der Waals surface area (Å²) in [6.45, 7) is -1.22. The van der Waals surface area contributed by atoms with Crippen molar-refractivity contribution in [2.75, 3.05) is 60.9 Å². The summed E-state index contributed by atoms with van der Waals surface area (Å²) in [7, 11) is 4.51. The Bertz CT molecular complexity index is 1800.